The van der Waals surface area contributed by atoms with Gasteiger partial charge in [0.2, 0.25) is 11.9 Å². The number of aryl methyl sites for hydroxylation is 1. The first-order chi connectivity index (χ1) is 16.1. The number of ether oxygens (including phenoxy) is 2. The third-order valence-electron chi connectivity index (χ3n) is 6.86. The lowest BCUT2D eigenvalue weighted by atomic mass is 9.89. The van der Waals surface area contributed by atoms with Crippen LogP contribution < -0.4 is 20.1 Å². The molecule has 1 aromatic heterocycles. The van der Waals surface area contributed by atoms with E-state index in [1.54, 1.807) is 7.11 Å². The van der Waals surface area contributed by atoms with Crippen LogP contribution in [0.4, 0.5) is 11.9 Å². The van der Waals surface area contributed by atoms with Gasteiger partial charge in [0.25, 0.3) is 0 Å². The molecule has 8 nitrogen and oxygen atoms in total. The summed E-state index contributed by atoms with van der Waals surface area (Å²) in [6.45, 7) is 8.15. The Morgan fingerprint density at radius 2 is 1.73 bits per heavy atom. The molecule has 2 aromatic rings. The van der Waals surface area contributed by atoms with Gasteiger partial charge in [-0.05, 0) is 75.4 Å². The Morgan fingerprint density at radius 1 is 0.970 bits per heavy atom. The molecule has 0 spiro atoms. The Labute approximate surface area is 197 Å². The zero-order valence-corrected chi connectivity index (χ0v) is 20.3. The minimum absolute atomic E-state index is 0.294. The highest BCUT2D eigenvalue weighted by molar-refractivity contribution is 5.41. The van der Waals surface area contributed by atoms with Crippen molar-refractivity contribution in [2.45, 2.75) is 64.8 Å². The van der Waals surface area contributed by atoms with Crippen molar-refractivity contribution in [1.82, 2.24) is 19.9 Å². The number of anilines is 2. The summed E-state index contributed by atoms with van der Waals surface area (Å²) >= 11 is 0. The highest BCUT2D eigenvalue weighted by atomic mass is 16.5. The first-order valence-corrected chi connectivity index (χ1v) is 12.4. The van der Waals surface area contributed by atoms with Gasteiger partial charge in [0.05, 0.1) is 7.11 Å². The molecule has 1 aromatic carbocycles. The van der Waals surface area contributed by atoms with Crippen molar-refractivity contribution in [2.24, 2.45) is 5.92 Å². The fourth-order valence-corrected chi connectivity index (χ4v) is 4.96. The number of likely N-dealkylation sites (N-methyl/N-ethyl adjacent to an activating group) is 1. The van der Waals surface area contributed by atoms with Crippen LogP contribution in [0.15, 0.2) is 18.2 Å². The molecule has 1 atom stereocenters. The van der Waals surface area contributed by atoms with Crippen molar-refractivity contribution in [2.75, 3.05) is 43.9 Å². The van der Waals surface area contributed by atoms with Crippen molar-refractivity contribution >= 4 is 11.9 Å². The predicted molar refractivity (Wildman–Crippen MR) is 131 cm³/mol. The van der Waals surface area contributed by atoms with E-state index in [1.165, 1.54) is 51.5 Å². The van der Waals surface area contributed by atoms with Crippen molar-refractivity contribution in [3.63, 3.8) is 0 Å². The number of nitrogens with one attached hydrogen (secondary N) is 2. The fraction of sp³-hybridized carbons (Fsp3) is 0.640. The van der Waals surface area contributed by atoms with Crippen molar-refractivity contribution in [1.29, 1.82) is 0 Å². The molecule has 33 heavy (non-hydrogen) atoms. The highest BCUT2D eigenvalue weighted by Gasteiger charge is 2.23. The van der Waals surface area contributed by atoms with E-state index in [-0.39, 0.29) is 0 Å². The van der Waals surface area contributed by atoms with Crippen LogP contribution in [0.2, 0.25) is 0 Å². The summed E-state index contributed by atoms with van der Waals surface area (Å²) in [5, 5.41) is 6.89. The van der Waals surface area contributed by atoms with Crippen LogP contribution >= 0.6 is 0 Å². The second kappa shape index (κ2) is 11.5. The third-order valence-corrected chi connectivity index (χ3v) is 6.86. The van der Waals surface area contributed by atoms with Crippen LogP contribution in [0.5, 0.6) is 17.5 Å². The number of hydrogen-bond donors (Lipinski definition) is 2. The van der Waals surface area contributed by atoms with E-state index < -0.39 is 0 Å². The van der Waals surface area contributed by atoms with Gasteiger partial charge in [-0.25, -0.2) is 0 Å². The highest BCUT2D eigenvalue weighted by Crippen LogP contribution is 2.27. The Morgan fingerprint density at radius 3 is 2.42 bits per heavy atom. The Balaban J connectivity index is 1.48. The van der Waals surface area contributed by atoms with Crippen LogP contribution in [-0.4, -0.2) is 59.2 Å². The van der Waals surface area contributed by atoms with Crippen LogP contribution in [-0.2, 0) is 0 Å². The molecule has 1 aliphatic carbocycles. The molecule has 0 radical (unpaired) electrons. The predicted octanol–water partition coefficient (Wildman–Crippen LogP) is 4.87. The van der Waals surface area contributed by atoms with E-state index in [1.807, 2.05) is 25.1 Å². The minimum atomic E-state index is 0.294. The molecule has 4 rings (SSSR count). The number of methoxy groups -OCH3 is 1. The Bertz CT molecular complexity index is 902. The van der Waals surface area contributed by atoms with E-state index in [2.05, 4.69) is 37.4 Å². The van der Waals surface area contributed by atoms with Crippen molar-refractivity contribution < 1.29 is 9.47 Å². The van der Waals surface area contributed by atoms with E-state index in [9.17, 15) is 0 Å². The third kappa shape index (κ3) is 6.47. The van der Waals surface area contributed by atoms with Gasteiger partial charge in [-0.1, -0.05) is 26.2 Å². The van der Waals surface area contributed by atoms with Crippen LogP contribution in [0.3, 0.4) is 0 Å². The Kier molecular flexibility index (Phi) is 8.20. The van der Waals surface area contributed by atoms with E-state index in [0.717, 1.165) is 30.9 Å². The maximum atomic E-state index is 6.04. The van der Waals surface area contributed by atoms with Gasteiger partial charge < -0.3 is 20.1 Å². The quantitative estimate of drug-likeness (QED) is 0.526. The van der Waals surface area contributed by atoms with Crippen molar-refractivity contribution in [3.8, 4) is 17.5 Å². The molecule has 0 amide bonds. The summed E-state index contributed by atoms with van der Waals surface area (Å²) in [6, 6.07) is 6.51. The zero-order valence-electron chi connectivity index (χ0n) is 20.3. The number of rotatable bonds is 10. The molecule has 180 valence electrons. The zero-order chi connectivity index (χ0) is 23.0. The summed E-state index contributed by atoms with van der Waals surface area (Å²) in [7, 11) is 1.67. The molecule has 2 N–H and O–H groups in total. The van der Waals surface area contributed by atoms with Crippen molar-refractivity contribution in [3.05, 3.63) is 23.8 Å². The van der Waals surface area contributed by atoms with Gasteiger partial charge in [-0.15, -0.1) is 0 Å². The maximum Gasteiger partial charge on any atom is 0.328 e. The van der Waals surface area contributed by atoms with Crippen LogP contribution in [0.25, 0.3) is 0 Å². The Hall–Kier alpha value is -2.61. The normalized spacial score (nSPS) is 19.4. The average molecular weight is 455 g/mol. The summed E-state index contributed by atoms with van der Waals surface area (Å²) in [4.78, 5) is 16.3. The molecule has 1 unspecified atom stereocenters. The fourth-order valence-electron chi connectivity index (χ4n) is 4.96. The first kappa shape index (κ1) is 23.5. The number of aromatic nitrogens is 3. The molecule has 1 aliphatic heterocycles. The van der Waals surface area contributed by atoms with Gasteiger partial charge in [0.1, 0.15) is 11.5 Å². The number of hydrogen-bond acceptors (Lipinski definition) is 8. The lowest BCUT2D eigenvalue weighted by Gasteiger charge is -2.23. The molecule has 2 fully saturated rings. The lowest BCUT2D eigenvalue weighted by Crippen LogP contribution is -2.35. The smallest absolute Gasteiger partial charge is 0.328 e. The number of benzene rings is 1. The summed E-state index contributed by atoms with van der Waals surface area (Å²) in [5.74, 6) is 3.30. The van der Waals surface area contributed by atoms with E-state index in [4.69, 9.17) is 9.47 Å². The molecule has 2 aliphatic rings. The maximum absolute atomic E-state index is 6.04. The number of likely N-dealkylation sites (tertiary alicyclic amines) is 1. The molecule has 1 saturated carbocycles. The first-order valence-electron chi connectivity index (χ1n) is 12.4. The average Bonchev–Trinajstić information content (AvgIpc) is 3.30. The largest absolute Gasteiger partial charge is 0.496 e. The summed E-state index contributed by atoms with van der Waals surface area (Å²) in [6.07, 6.45) is 8.97. The molecular weight excluding hydrogens is 416 g/mol. The molecule has 2 heterocycles. The summed E-state index contributed by atoms with van der Waals surface area (Å²) < 4.78 is 11.4. The van der Waals surface area contributed by atoms with Gasteiger partial charge in [0.15, 0.2) is 0 Å². The van der Waals surface area contributed by atoms with E-state index >= 15 is 0 Å². The second-order valence-corrected chi connectivity index (χ2v) is 9.19. The van der Waals surface area contributed by atoms with Crippen LogP contribution in [0, 0.1) is 12.8 Å². The minimum Gasteiger partial charge on any atom is -0.496 e. The molecule has 0 bridgehead atoms. The standard InChI is InChI=1S/C25H38N6O2/c1-4-31-14-8-11-20(31)17-27-24-28-23(26-16-19-9-6-5-7-10-19)29-25(30-24)33-21-12-13-22(32-3)18(2)15-21/h12-13,15,19-20H,4-11,14,16-17H2,1-3H3,(H2,26,27,28,29,30). The lowest BCUT2D eigenvalue weighted by molar-refractivity contribution is 0.276. The summed E-state index contributed by atoms with van der Waals surface area (Å²) in [5.41, 5.74) is 0.999. The SMILES string of the molecule is CCN1CCCC1CNc1nc(NCC2CCCCC2)nc(Oc2ccc(OC)c(C)c2)n1. The van der Waals surface area contributed by atoms with Crippen LogP contribution in [0.1, 0.15) is 57.4 Å². The van der Waals surface area contributed by atoms with Gasteiger partial charge in [-0.2, -0.15) is 15.0 Å². The van der Waals surface area contributed by atoms with Gasteiger partial charge in [-0.3, -0.25) is 4.90 Å². The van der Waals surface area contributed by atoms with Gasteiger partial charge in [0, 0.05) is 19.1 Å². The number of nitrogens with zero attached hydrogens (tertiary/aromatic N) is 4. The molecule has 1 saturated heterocycles. The van der Waals surface area contributed by atoms with E-state index in [0.29, 0.717) is 35.6 Å². The monoisotopic (exact) mass is 454 g/mol. The van der Waals surface area contributed by atoms with Gasteiger partial charge >= 0.3 is 6.01 Å². The molecule has 8 heteroatoms. The second-order valence-electron chi connectivity index (χ2n) is 9.19. The molecular formula is C25H38N6O2. The topological polar surface area (TPSA) is 84.4 Å².